The molecule has 2 heteroatoms. The van der Waals surface area contributed by atoms with E-state index in [1.165, 1.54) is 23.5 Å². The lowest BCUT2D eigenvalue weighted by molar-refractivity contribution is 0.994. The van der Waals surface area contributed by atoms with E-state index in [2.05, 4.69) is 17.3 Å². The number of hydrogen-bond acceptors (Lipinski definition) is 2. The van der Waals surface area contributed by atoms with Gasteiger partial charge in [-0.3, -0.25) is 0 Å². The lowest BCUT2D eigenvalue weighted by Crippen LogP contribution is -1.80. The van der Waals surface area contributed by atoms with Crippen molar-refractivity contribution in [3.05, 3.63) is 16.1 Å². The van der Waals surface area contributed by atoms with Crippen LogP contribution in [-0.4, -0.2) is 4.98 Å². The van der Waals surface area contributed by atoms with Crippen molar-refractivity contribution in [3.8, 4) is 0 Å². The summed E-state index contributed by atoms with van der Waals surface area (Å²) in [5.41, 5.74) is 1.35. The maximum Gasteiger partial charge on any atom is 0.0925 e. The molecule has 0 bridgehead atoms. The summed E-state index contributed by atoms with van der Waals surface area (Å²) in [5, 5.41) is 3.51. The molecule has 1 aliphatic rings. The third-order valence-electron chi connectivity index (χ3n) is 1.87. The first-order chi connectivity index (χ1) is 4.90. The van der Waals surface area contributed by atoms with Gasteiger partial charge in [-0.1, -0.05) is 6.92 Å². The van der Waals surface area contributed by atoms with Gasteiger partial charge in [0.05, 0.1) is 10.7 Å². The molecule has 0 spiro atoms. The molecular weight excluding hydrogens is 142 g/mol. The molecule has 0 atom stereocenters. The number of thiazole rings is 1. The number of nitrogens with zero attached hydrogens (tertiary/aromatic N) is 1. The second kappa shape index (κ2) is 2.35. The Bertz CT molecular complexity index is 225. The quantitative estimate of drug-likeness (QED) is 0.636. The van der Waals surface area contributed by atoms with Crippen LogP contribution >= 0.6 is 11.3 Å². The van der Waals surface area contributed by atoms with Crippen molar-refractivity contribution in [2.24, 2.45) is 0 Å². The maximum atomic E-state index is 4.51. The zero-order valence-electron chi connectivity index (χ0n) is 6.13. The molecule has 54 valence electrons. The second-order valence-electron chi connectivity index (χ2n) is 2.79. The van der Waals surface area contributed by atoms with Crippen molar-refractivity contribution in [1.29, 1.82) is 0 Å². The van der Waals surface area contributed by atoms with Gasteiger partial charge >= 0.3 is 0 Å². The molecule has 0 N–H and O–H groups in total. The topological polar surface area (TPSA) is 12.9 Å². The zero-order chi connectivity index (χ0) is 6.97. The van der Waals surface area contributed by atoms with E-state index in [1.807, 2.05) is 0 Å². The minimum absolute atomic E-state index is 0.830. The van der Waals surface area contributed by atoms with Crippen LogP contribution in [0.2, 0.25) is 0 Å². The van der Waals surface area contributed by atoms with E-state index >= 15 is 0 Å². The van der Waals surface area contributed by atoms with Crippen LogP contribution in [0.25, 0.3) is 0 Å². The van der Waals surface area contributed by atoms with E-state index in [0.717, 1.165) is 12.3 Å². The number of hydrogen-bond donors (Lipinski definition) is 0. The van der Waals surface area contributed by atoms with E-state index in [0.29, 0.717) is 0 Å². The van der Waals surface area contributed by atoms with Gasteiger partial charge in [0.25, 0.3) is 0 Å². The Balaban J connectivity index is 2.19. The highest BCUT2D eigenvalue weighted by molar-refractivity contribution is 7.09. The lowest BCUT2D eigenvalue weighted by Gasteiger charge is -1.85. The zero-order valence-corrected chi connectivity index (χ0v) is 6.95. The monoisotopic (exact) mass is 153 g/mol. The summed E-state index contributed by atoms with van der Waals surface area (Å²) in [7, 11) is 0. The molecule has 0 saturated heterocycles. The smallest absolute Gasteiger partial charge is 0.0925 e. The summed E-state index contributed by atoms with van der Waals surface area (Å²) in [6, 6.07) is 0. The van der Waals surface area contributed by atoms with Crippen LogP contribution in [0.5, 0.6) is 0 Å². The van der Waals surface area contributed by atoms with Gasteiger partial charge in [0.1, 0.15) is 0 Å². The van der Waals surface area contributed by atoms with E-state index in [1.54, 1.807) is 11.3 Å². The van der Waals surface area contributed by atoms with Crippen molar-refractivity contribution in [2.45, 2.75) is 32.1 Å². The highest BCUT2D eigenvalue weighted by atomic mass is 32.1. The summed E-state index contributed by atoms with van der Waals surface area (Å²) in [6.07, 6.45) is 3.83. The van der Waals surface area contributed by atoms with Crippen LogP contribution in [0.1, 0.15) is 36.4 Å². The average molecular weight is 153 g/mol. The fourth-order valence-corrected chi connectivity index (χ4v) is 1.88. The van der Waals surface area contributed by atoms with Gasteiger partial charge < -0.3 is 0 Å². The third-order valence-corrected chi connectivity index (χ3v) is 2.88. The predicted octanol–water partition coefficient (Wildman–Crippen LogP) is 2.58. The summed E-state index contributed by atoms with van der Waals surface area (Å²) in [5.74, 6) is 0.830. The number of aromatic nitrogens is 1. The highest BCUT2D eigenvalue weighted by Crippen LogP contribution is 2.40. The van der Waals surface area contributed by atoms with Crippen LogP contribution in [0.15, 0.2) is 5.38 Å². The van der Waals surface area contributed by atoms with E-state index in [4.69, 9.17) is 0 Å². The van der Waals surface area contributed by atoms with Gasteiger partial charge in [0, 0.05) is 11.3 Å². The molecule has 0 unspecified atom stereocenters. The Morgan fingerprint density at radius 3 is 3.00 bits per heavy atom. The minimum atomic E-state index is 0.830. The minimum Gasteiger partial charge on any atom is -0.246 e. The van der Waals surface area contributed by atoms with Crippen molar-refractivity contribution in [3.63, 3.8) is 0 Å². The van der Waals surface area contributed by atoms with E-state index < -0.39 is 0 Å². The van der Waals surface area contributed by atoms with Crippen molar-refractivity contribution in [2.75, 3.05) is 0 Å². The Morgan fingerprint density at radius 1 is 1.70 bits per heavy atom. The molecule has 1 heterocycles. The molecule has 1 fully saturated rings. The molecule has 10 heavy (non-hydrogen) atoms. The molecule has 1 aliphatic carbocycles. The molecule has 1 saturated carbocycles. The van der Waals surface area contributed by atoms with E-state index in [9.17, 15) is 0 Å². The van der Waals surface area contributed by atoms with Crippen molar-refractivity contribution >= 4 is 11.3 Å². The van der Waals surface area contributed by atoms with Gasteiger partial charge in [0.15, 0.2) is 0 Å². The summed E-state index contributed by atoms with van der Waals surface area (Å²) in [4.78, 5) is 4.51. The summed E-state index contributed by atoms with van der Waals surface area (Å²) >= 11 is 1.81. The first-order valence-electron chi connectivity index (χ1n) is 3.84. The van der Waals surface area contributed by atoms with Crippen LogP contribution in [0.4, 0.5) is 0 Å². The molecule has 0 aromatic carbocycles. The Labute approximate surface area is 65.1 Å². The second-order valence-corrected chi connectivity index (χ2v) is 3.74. The Kier molecular flexibility index (Phi) is 1.49. The van der Waals surface area contributed by atoms with Gasteiger partial charge in [-0.2, -0.15) is 0 Å². The summed E-state index contributed by atoms with van der Waals surface area (Å²) in [6.45, 7) is 2.16. The number of rotatable bonds is 2. The first-order valence-corrected chi connectivity index (χ1v) is 4.72. The van der Waals surface area contributed by atoms with E-state index in [-0.39, 0.29) is 0 Å². The Hall–Kier alpha value is -0.370. The lowest BCUT2D eigenvalue weighted by atomic mass is 10.3. The molecule has 1 aromatic rings. The molecule has 2 rings (SSSR count). The molecule has 0 amide bonds. The molecular formula is C8H11NS. The van der Waals surface area contributed by atoms with Crippen LogP contribution in [-0.2, 0) is 6.42 Å². The SMILES string of the molecule is CCc1nc(C2CC2)cs1. The van der Waals surface area contributed by atoms with Gasteiger partial charge in [-0.05, 0) is 19.3 Å². The third kappa shape index (κ3) is 1.08. The molecule has 1 nitrogen and oxygen atoms in total. The van der Waals surface area contributed by atoms with Crippen LogP contribution in [0.3, 0.4) is 0 Å². The molecule has 0 aliphatic heterocycles. The van der Waals surface area contributed by atoms with Gasteiger partial charge in [0.2, 0.25) is 0 Å². The van der Waals surface area contributed by atoms with Crippen molar-refractivity contribution < 1.29 is 0 Å². The number of aryl methyl sites for hydroxylation is 1. The normalized spacial score (nSPS) is 17.7. The largest absolute Gasteiger partial charge is 0.246 e. The van der Waals surface area contributed by atoms with Gasteiger partial charge in [-0.25, -0.2) is 4.98 Å². The fourth-order valence-electron chi connectivity index (χ4n) is 1.05. The van der Waals surface area contributed by atoms with Crippen LogP contribution in [0, 0.1) is 0 Å². The van der Waals surface area contributed by atoms with Crippen LogP contribution < -0.4 is 0 Å². The maximum absolute atomic E-state index is 4.51. The predicted molar refractivity (Wildman–Crippen MR) is 43.5 cm³/mol. The molecule has 1 aromatic heterocycles. The molecule has 0 radical (unpaired) electrons. The first kappa shape index (κ1) is 6.35. The summed E-state index contributed by atoms with van der Waals surface area (Å²) < 4.78 is 0. The Morgan fingerprint density at radius 2 is 2.50 bits per heavy atom. The van der Waals surface area contributed by atoms with Crippen molar-refractivity contribution in [1.82, 2.24) is 4.98 Å². The standard InChI is InChI=1S/C8H11NS/c1-2-8-9-7(5-10-8)6-3-4-6/h5-6H,2-4H2,1H3. The average Bonchev–Trinajstić information content (AvgIpc) is 2.70. The highest BCUT2D eigenvalue weighted by Gasteiger charge is 2.25. The fraction of sp³-hybridized carbons (Fsp3) is 0.625. The van der Waals surface area contributed by atoms with Gasteiger partial charge in [-0.15, -0.1) is 11.3 Å².